The molecular weight excluding hydrogens is 382 g/mol. The van der Waals surface area contributed by atoms with E-state index in [0.717, 1.165) is 17.3 Å². The van der Waals surface area contributed by atoms with Crippen molar-refractivity contribution in [3.63, 3.8) is 0 Å². The maximum Gasteiger partial charge on any atom is 0.289 e. The Morgan fingerprint density at radius 1 is 1.18 bits per heavy atom. The first kappa shape index (κ1) is 19.8. The second-order valence-electron chi connectivity index (χ2n) is 7.63. The first-order chi connectivity index (χ1) is 13.0. The van der Waals surface area contributed by atoms with Crippen LogP contribution in [0.2, 0.25) is 0 Å². The van der Waals surface area contributed by atoms with Crippen LogP contribution in [-0.2, 0) is 21.2 Å². The summed E-state index contributed by atoms with van der Waals surface area (Å²) in [4.78, 5) is 24.3. The molecule has 0 aromatic heterocycles. The topological polar surface area (TPSA) is 110 Å². The lowest BCUT2D eigenvalue weighted by Crippen LogP contribution is -2.38. The monoisotopic (exact) mass is 403 g/mol. The highest BCUT2D eigenvalue weighted by Crippen LogP contribution is 2.34. The lowest BCUT2D eigenvalue weighted by atomic mass is 9.94. The number of para-hydroxylation sites is 1. The predicted molar refractivity (Wildman–Crippen MR) is 106 cm³/mol. The number of nitro groups is 1. The van der Waals surface area contributed by atoms with Crippen LogP contribution < -0.4 is 9.62 Å². The van der Waals surface area contributed by atoms with Crippen LogP contribution in [0.3, 0.4) is 0 Å². The van der Waals surface area contributed by atoms with Gasteiger partial charge in [-0.1, -0.05) is 32.9 Å². The van der Waals surface area contributed by atoms with Crippen molar-refractivity contribution in [3.8, 4) is 0 Å². The molecule has 1 N–H and O–H groups in total. The molecule has 2 aromatic carbocycles. The normalized spacial score (nSPS) is 13.9. The Morgan fingerprint density at radius 2 is 1.86 bits per heavy atom. The van der Waals surface area contributed by atoms with E-state index in [9.17, 15) is 23.3 Å². The van der Waals surface area contributed by atoms with Crippen LogP contribution in [0, 0.1) is 15.5 Å². The number of amides is 1. The van der Waals surface area contributed by atoms with Crippen molar-refractivity contribution < 1.29 is 18.1 Å². The van der Waals surface area contributed by atoms with E-state index in [1.54, 1.807) is 23.1 Å². The Morgan fingerprint density at radius 3 is 2.50 bits per heavy atom. The first-order valence-electron chi connectivity index (χ1n) is 8.72. The number of sulfonamides is 1. The van der Waals surface area contributed by atoms with Gasteiger partial charge in [-0.25, -0.2) is 8.42 Å². The lowest BCUT2D eigenvalue weighted by Gasteiger charge is -2.26. The van der Waals surface area contributed by atoms with Crippen molar-refractivity contribution in [1.29, 1.82) is 0 Å². The molecule has 0 unspecified atom stereocenters. The summed E-state index contributed by atoms with van der Waals surface area (Å²) in [5, 5.41) is 11.1. The van der Waals surface area contributed by atoms with E-state index in [1.165, 1.54) is 18.2 Å². The quantitative estimate of drug-likeness (QED) is 0.622. The number of nitro benzene ring substituents is 1. The molecule has 0 spiro atoms. The number of nitrogens with one attached hydrogen (secondary N) is 1. The predicted octanol–water partition coefficient (Wildman–Crippen LogP) is 3.33. The molecule has 0 fully saturated rings. The second kappa shape index (κ2) is 6.90. The third-order valence-electron chi connectivity index (χ3n) is 4.47. The average molecular weight is 403 g/mol. The summed E-state index contributed by atoms with van der Waals surface area (Å²) >= 11 is 0. The minimum absolute atomic E-state index is 0.000471. The Bertz CT molecular complexity index is 1060. The van der Waals surface area contributed by atoms with Gasteiger partial charge in [0, 0.05) is 29.4 Å². The molecule has 0 saturated heterocycles. The highest BCUT2D eigenvalue weighted by atomic mass is 32.2. The van der Waals surface area contributed by atoms with Crippen LogP contribution in [-0.4, -0.2) is 25.8 Å². The molecule has 0 bridgehead atoms. The zero-order valence-electron chi connectivity index (χ0n) is 15.8. The van der Waals surface area contributed by atoms with Gasteiger partial charge in [0.25, 0.3) is 15.7 Å². The van der Waals surface area contributed by atoms with E-state index in [4.69, 9.17) is 0 Å². The fourth-order valence-corrected chi connectivity index (χ4v) is 4.35. The molecule has 8 nitrogen and oxygen atoms in total. The number of hydrogen-bond donors (Lipinski definition) is 1. The van der Waals surface area contributed by atoms with Gasteiger partial charge < -0.3 is 4.90 Å². The number of rotatable bonds is 4. The summed E-state index contributed by atoms with van der Waals surface area (Å²) < 4.78 is 27.7. The smallest absolute Gasteiger partial charge is 0.289 e. The fraction of sp³-hybridized carbons (Fsp3) is 0.316. The Hall–Kier alpha value is -2.94. The summed E-state index contributed by atoms with van der Waals surface area (Å²) in [6.45, 7) is 6.08. The summed E-state index contributed by atoms with van der Waals surface area (Å²) in [6, 6.07) is 10.1. The van der Waals surface area contributed by atoms with Crippen LogP contribution in [0.25, 0.3) is 0 Å². The van der Waals surface area contributed by atoms with Crippen LogP contribution in [0.1, 0.15) is 26.3 Å². The third kappa shape index (κ3) is 3.70. The third-order valence-corrected chi connectivity index (χ3v) is 5.89. The fourth-order valence-electron chi connectivity index (χ4n) is 3.13. The molecule has 0 aliphatic carbocycles. The molecule has 148 valence electrons. The molecule has 1 heterocycles. The van der Waals surface area contributed by atoms with Gasteiger partial charge in [0.15, 0.2) is 4.90 Å². The van der Waals surface area contributed by atoms with Gasteiger partial charge in [0.1, 0.15) is 0 Å². The van der Waals surface area contributed by atoms with Gasteiger partial charge in [-0.05, 0) is 36.2 Å². The first-order valence-corrected chi connectivity index (χ1v) is 10.2. The summed E-state index contributed by atoms with van der Waals surface area (Å²) in [5.74, 6) is -0.000471. The van der Waals surface area contributed by atoms with Crippen molar-refractivity contribution in [3.05, 3.63) is 58.1 Å². The summed E-state index contributed by atoms with van der Waals surface area (Å²) in [6.07, 6.45) is 0.609. The number of hydrogen-bond acceptors (Lipinski definition) is 5. The van der Waals surface area contributed by atoms with Crippen LogP contribution in [0.15, 0.2) is 47.4 Å². The number of fused-ring (bicyclic) bond motifs is 1. The van der Waals surface area contributed by atoms with Crippen molar-refractivity contribution in [2.75, 3.05) is 16.2 Å². The van der Waals surface area contributed by atoms with Crippen molar-refractivity contribution in [2.24, 2.45) is 5.41 Å². The maximum absolute atomic E-state index is 12.7. The highest BCUT2D eigenvalue weighted by Gasteiger charge is 2.33. The standard InChI is InChI=1S/C19H21N3O5S/c1-19(2,3)18(23)21-11-10-13-12-14(8-9-15(13)21)20-28(26,27)17-7-5-4-6-16(17)22(24)25/h4-9,12,20H,10-11H2,1-3H3. The highest BCUT2D eigenvalue weighted by molar-refractivity contribution is 7.92. The molecule has 28 heavy (non-hydrogen) atoms. The number of carbonyl (C=O) groups is 1. The van der Waals surface area contributed by atoms with Gasteiger partial charge >= 0.3 is 0 Å². The van der Waals surface area contributed by atoms with E-state index < -0.39 is 30.9 Å². The SMILES string of the molecule is CC(C)(C)C(=O)N1CCc2cc(NS(=O)(=O)c3ccccc3[N+](=O)[O-])ccc21. The Labute approximate surface area is 163 Å². The van der Waals surface area contributed by atoms with Crippen molar-refractivity contribution in [2.45, 2.75) is 32.1 Å². The minimum atomic E-state index is -4.13. The van der Waals surface area contributed by atoms with Gasteiger partial charge in [-0.15, -0.1) is 0 Å². The average Bonchev–Trinajstić information content (AvgIpc) is 3.02. The Kier molecular flexibility index (Phi) is 4.88. The molecule has 0 radical (unpaired) electrons. The van der Waals surface area contributed by atoms with Crippen LogP contribution in [0.4, 0.5) is 17.1 Å². The molecule has 3 rings (SSSR count). The second-order valence-corrected chi connectivity index (χ2v) is 9.28. The molecule has 1 aliphatic heterocycles. The van der Waals surface area contributed by atoms with E-state index >= 15 is 0 Å². The van der Waals surface area contributed by atoms with E-state index in [1.807, 2.05) is 20.8 Å². The largest absolute Gasteiger partial charge is 0.311 e. The molecule has 0 atom stereocenters. The molecule has 1 aliphatic rings. The van der Waals surface area contributed by atoms with E-state index in [0.29, 0.717) is 18.7 Å². The minimum Gasteiger partial charge on any atom is -0.311 e. The molecule has 0 saturated carbocycles. The molecular formula is C19H21N3O5S. The zero-order chi connectivity index (χ0) is 20.7. The van der Waals surface area contributed by atoms with Crippen LogP contribution >= 0.6 is 0 Å². The number of carbonyl (C=O) groups excluding carboxylic acids is 1. The zero-order valence-corrected chi connectivity index (χ0v) is 16.6. The summed E-state index contributed by atoms with van der Waals surface area (Å²) in [5.41, 5.74) is 0.891. The maximum atomic E-state index is 12.7. The number of anilines is 2. The van der Waals surface area contributed by atoms with Gasteiger partial charge in [-0.3, -0.25) is 19.6 Å². The van der Waals surface area contributed by atoms with Crippen molar-refractivity contribution >= 4 is 33.0 Å². The Balaban J connectivity index is 1.90. The van der Waals surface area contributed by atoms with Gasteiger partial charge in [-0.2, -0.15) is 0 Å². The molecule has 1 amide bonds. The van der Waals surface area contributed by atoms with E-state index in [2.05, 4.69) is 4.72 Å². The number of nitrogens with zero attached hydrogens (tertiary/aromatic N) is 2. The van der Waals surface area contributed by atoms with E-state index in [-0.39, 0.29) is 5.91 Å². The van der Waals surface area contributed by atoms with Gasteiger partial charge in [0.2, 0.25) is 5.91 Å². The lowest BCUT2D eigenvalue weighted by molar-refractivity contribution is -0.387. The van der Waals surface area contributed by atoms with Crippen LogP contribution in [0.5, 0.6) is 0 Å². The summed E-state index contributed by atoms with van der Waals surface area (Å²) in [7, 11) is -4.13. The molecule has 2 aromatic rings. The van der Waals surface area contributed by atoms with Crippen molar-refractivity contribution in [1.82, 2.24) is 0 Å². The van der Waals surface area contributed by atoms with Gasteiger partial charge in [0.05, 0.1) is 4.92 Å². The number of benzene rings is 2. The molecule has 9 heteroatoms.